The van der Waals surface area contributed by atoms with Gasteiger partial charge in [-0.05, 0) is 37.0 Å². The van der Waals surface area contributed by atoms with Crippen molar-refractivity contribution in [2.45, 2.75) is 47.0 Å². The van der Waals surface area contributed by atoms with E-state index in [1.807, 2.05) is 0 Å². The van der Waals surface area contributed by atoms with Gasteiger partial charge in [0.25, 0.3) is 0 Å². The molecule has 0 saturated heterocycles. The normalized spacial score (nSPS) is 14.3. The predicted octanol–water partition coefficient (Wildman–Crippen LogP) is 1.98. The second-order valence-electron chi connectivity index (χ2n) is 5.84. The lowest BCUT2D eigenvalue weighted by molar-refractivity contribution is 0.246. The van der Waals surface area contributed by atoms with Crippen LogP contribution in [-0.4, -0.2) is 30.8 Å². The summed E-state index contributed by atoms with van der Waals surface area (Å²) >= 11 is 0. The van der Waals surface area contributed by atoms with Gasteiger partial charge < -0.3 is 16.2 Å². The van der Waals surface area contributed by atoms with Crippen molar-refractivity contribution in [1.29, 1.82) is 0 Å². The first kappa shape index (κ1) is 17.2. The first-order valence-electron chi connectivity index (χ1n) is 7.10. The fourth-order valence-corrected chi connectivity index (χ4v) is 1.91. The van der Waals surface area contributed by atoms with E-state index in [0.29, 0.717) is 30.3 Å². The molecular weight excluding hydrogens is 226 g/mol. The van der Waals surface area contributed by atoms with Crippen LogP contribution in [0.25, 0.3) is 0 Å². The van der Waals surface area contributed by atoms with E-state index >= 15 is 0 Å². The van der Waals surface area contributed by atoms with Gasteiger partial charge in [0.15, 0.2) is 5.96 Å². The molecular formula is C14H31N3O. The van der Waals surface area contributed by atoms with Crippen LogP contribution >= 0.6 is 0 Å². The topological polar surface area (TPSA) is 70.6 Å². The standard InChI is InChI=1S/C14H31N3O/c1-11(2)5-7-16-14(15)17-10-13(6-8-18)9-12(3)4/h11-13,18H,5-10H2,1-4H3,(H3,15,16,17). The van der Waals surface area contributed by atoms with Crippen LogP contribution in [0.15, 0.2) is 4.99 Å². The van der Waals surface area contributed by atoms with E-state index in [9.17, 15) is 0 Å². The molecule has 4 nitrogen and oxygen atoms in total. The smallest absolute Gasteiger partial charge is 0.188 e. The van der Waals surface area contributed by atoms with Gasteiger partial charge in [0, 0.05) is 19.7 Å². The zero-order chi connectivity index (χ0) is 14.0. The quantitative estimate of drug-likeness (QED) is 0.437. The number of guanidine groups is 1. The van der Waals surface area contributed by atoms with Crippen LogP contribution in [0.2, 0.25) is 0 Å². The predicted molar refractivity (Wildman–Crippen MR) is 78.6 cm³/mol. The SMILES string of the molecule is CC(C)CCNC(N)=NCC(CCO)CC(C)C. The zero-order valence-corrected chi connectivity index (χ0v) is 12.4. The highest BCUT2D eigenvalue weighted by atomic mass is 16.3. The number of nitrogens with two attached hydrogens (primary N) is 1. The first-order chi connectivity index (χ1) is 8.45. The minimum absolute atomic E-state index is 0.230. The van der Waals surface area contributed by atoms with E-state index in [4.69, 9.17) is 10.8 Å². The van der Waals surface area contributed by atoms with Gasteiger partial charge in [0.05, 0.1) is 0 Å². The summed E-state index contributed by atoms with van der Waals surface area (Å²) in [7, 11) is 0. The highest BCUT2D eigenvalue weighted by Gasteiger charge is 2.10. The lowest BCUT2D eigenvalue weighted by Gasteiger charge is -2.16. The molecule has 0 rings (SSSR count). The van der Waals surface area contributed by atoms with Gasteiger partial charge >= 0.3 is 0 Å². The summed E-state index contributed by atoms with van der Waals surface area (Å²) in [5.41, 5.74) is 5.81. The van der Waals surface area contributed by atoms with Crippen molar-refractivity contribution < 1.29 is 5.11 Å². The molecule has 4 N–H and O–H groups in total. The maximum atomic E-state index is 9.02. The van der Waals surface area contributed by atoms with Crippen molar-refractivity contribution in [2.24, 2.45) is 28.5 Å². The largest absolute Gasteiger partial charge is 0.396 e. The summed E-state index contributed by atoms with van der Waals surface area (Å²) in [4.78, 5) is 4.37. The highest BCUT2D eigenvalue weighted by molar-refractivity contribution is 5.77. The summed E-state index contributed by atoms with van der Waals surface area (Å²) < 4.78 is 0. The van der Waals surface area contributed by atoms with Crippen LogP contribution in [0.4, 0.5) is 0 Å². The van der Waals surface area contributed by atoms with Crippen LogP contribution in [0.5, 0.6) is 0 Å². The molecule has 0 radical (unpaired) electrons. The number of aliphatic imine (C=N–C) groups is 1. The van der Waals surface area contributed by atoms with Gasteiger partial charge in [-0.3, -0.25) is 4.99 Å². The molecule has 0 aromatic heterocycles. The van der Waals surface area contributed by atoms with Crippen molar-refractivity contribution >= 4 is 5.96 Å². The van der Waals surface area contributed by atoms with Crippen molar-refractivity contribution in [3.63, 3.8) is 0 Å². The first-order valence-corrected chi connectivity index (χ1v) is 7.10. The number of aliphatic hydroxyl groups is 1. The van der Waals surface area contributed by atoms with E-state index in [1.165, 1.54) is 0 Å². The Morgan fingerprint density at radius 3 is 2.33 bits per heavy atom. The molecule has 4 heteroatoms. The van der Waals surface area contributed by atoms with Crippen LogP contribution in [-0.2, 0) is 0 Å². The lowest BCUT2D eigenvalue weighted by Crippen LogP contribution is -2.33. The van der Waals surface area contributed by atoms with Crippen molar-refractivity contribution in [3.05, 3.63) is 0 Å². The van der Waals surface area contributed by atoms with Gasteiger partial charge in [-0.15, -0.1) is 0 Å². The Balaban J connectivity index is 3.97. The van der Waals surface area contributed by atoms with Gasteiger partial charge in [0.1, 0.15) is 0 Å². The molecule has 0 aromatic rings. The second-order valence-corrected chi connectivity index (χ2v) is 5.84. The molecule has 1 unspecified atom stereocenters. The molecule has 108 valence electrons. The number of nitrogens with one attached hydrogen (secondary N) is 1. The third kappa shape index (κ3) is 10.4. The molecule has 0 saturated carbocycles. The molecule has 0 amide bonds. The Bertz CT molecular complexity index is 227. The molecule has 0 fully saturated rings. The van der Waals surface area contributed by atoms with Gasteiger partial charge in [-0.1, -0.05) is 27.7 Å². The summed E-state index contributed by atoms with van der Waals surface area (Å²) in [6.07, 6.45) is 2.99. The molecule has 0 spiro atoms. The van der Waals surface area contributed by atoms with Crippen molar-refractivity contribution in [1.82, 2.24) is 5.32 Å². The third-order valence-electron chi connectivity index (χ3n) is 2.89. The van der Waals surface area contributed by atoms with Gasteiger partial charge in [0.2, 0.25) is 0 Å². The fraction of sp³-hybridized carbons (Fsp3) is 0.929. The van der Waals surface area contributed by atoms with Crippen LogP contribution < -0.4 is 11.1 Å². The van der Waals surface area contributed by atoms with E-state index in [-0.39, 0.29) is 6.61 Å². The number of rotatable bonds is 9. The third-order valence-corrected chi connectivity index (χ3v) is 2.89. The second kappa shape index (κ2) is 10.2. The van der Waals surface area contributed by atoms with Gasteiger partial charge in [-0.2, -0.15) is 0 Å². The Kier molecular flexibility index (Phi) is 9.74. The monoisotopic (exact) mass is 257 g/mol. The van der Waals surface area contributed by atoms with E-state index in [1.54, 1.807) is 0 Å². The molecule has 0 bridgehead atoms. The zero-order valence-electron chi connectivity index (χ0n) is 12.4. The summed E-state index contributed by atoms with van der Waals surface area (Å²) in [6.45, 7) is 10.6. The number of hydrogen-bond acceptors (Lipinski definition) is 2. The summed E-state index contributed by atoms with van der Waals surface area (Å²) in [5.74, 6) is 2.27. The molecule has 0 aliphatic carbocycles. The average Bonchev–Trinajstić information content (AvgIpc) is 2.25. The van der Waals surface area contributed by atoms with Crippen LogP contribution in [0.3, 0.4) is 0 Å². The molecule has 0 aliphatic rings. The molecule has 0 aromatic carbocycles. The average molecular weight is 257 g/mol. The van der Waals surface area contributed by atoms with Crippen molar-refractivity contribution in [2.75, 3.05) is 19.7 Å². The molecule has 0 aliphatic heterocycles. The number of nitrogens with zero attached hydrogens (tertiary/aromatic N) is 1. The number of aliphatic hydroxyl groups excluding tert-OH is 1. The lowest BCUT2D eigenvalue weighted by atomic mass is 9.94. The summed E-state index contributed by atoms with van der Waals surface area (Å²) in [6, 6.07) is 0. The van der Waals surface area contributed by atoms with E-state index in [2.05, 4.69) is 38.0 Å². The van der Waals surface area contributed by atoms with E-state index in [0.717, 1.165) is 25.8 Å². The molecule has 0 heterocycles. The van der Waals surface area contributed by atoms with Crippen LogP contribution in [0, 0.1) is 17.8 Å². The minimum atomic E-state index is 0.230. The Morgan fingerprint density at radius 1 is 1.17 bits per heavy atom. The molecule has 1 atom stereocenters. The highest BCUT2D eigenvalue weighted by Crippen LogP contribution is 2.15. The maximum Gasteiger partial charge on any atom is 0.188 e. The van der Waals surface area contributed by atoms with E-state index < -0.39 is 0 Å². The Morgan fingerprint density at radius 2 is 1.83 bits per heavy atom. The van der Waals surface area contributed by atoms with Gasteiger partial charge in [-0.25, -0.2) is 0 Å². The summed E-state index contributed by atoms with van der Waals surface area (Å²) in [5, 5.41) is 12.2. The fourth-order valence-electron chi connectivity index (χ4n) is 1.91. The Hall–Kier alpha value is -0.770. The Labute approximate surface area is 112 Å². The van der Waals surface area contributed by atoms with Crippen molar-refractivity contribution in [3.8, 4) is 0 Å². The van der Waals surface area contributed by atoms with Crippen LogP contribution in [0.1, 0.15) is 47.0 Å². The maximum absolute atomic E-state index is 9.02. The number of hydrogen-bond donors (Lipinski definition) is 3. The molecule has 18 heavy (non-hydrogen) atoms. The minimum Gasteiger partial charge on any atom is -0.396 e.